The molecule has 148 valence electrons. The molecule has 2 heterocycles. The molecule has 8 heteroatoms. The third kappa shape index (κ3) is 3.96. The topological polar surface area (TPSA) is 76.5 Å². The standard InChI is InChI=1S/C21H19FN4O3/c1-29-17-8-6-16(7-9-17)23-20(27)18-12-19-21(28)25(10-11-26(19)24-18)13-14-2-4-15(22)5-3-14/h2-9,12H,10-11,13H2,1H3,(H,23,27). The van der Waals surface area contributed by atoms with Crippen molar-refractivity contribution >= 4 is 17.5 Å². The maximum atomic E-state index is 13.1. The van der Waals surface area contributed by atoms with E-state index >= 15 is 0 Å². The number of fused-ring (bicyclic) bond motifs is 1. The van der Waals surface area contributed by atoms with Gasteiger partial charge in [0.1, 0.15) is 17.3 Å². The van der Waals surface area contributed by atoms with E-state index in [0.29, 0.717) is 36.8 Å². The SMILES string of the molecule is COc1ccc(NC(=O)c2cc3n(n2)CCN(Cc2ccc(F)cc2)C3=O)cc1. The van der Waals surface area contributed by atoms with Gasteiger partial charge in [-0.1, -0.05) is 12.1 Å². The summed E-state index contributed by atoms with van der Waals surface area (Å²) in [6, 6.07) is 14.5. The predicted octanol–water partition coefficient (Wildman–Crippen LogP) is 2.94. The molecule has 0 aliphatic carbocycles. The zero-order chi connectivity index (χ0) is 20.4. The lowest BCUT2D eigenvalue weighted by Gasteiger charge is -2.27. The van der Waals surface area contributed by atoms with E-state index < -0.39 is 5.91 Å². The number of amides is 2. The van der Waals surface area contributed by atoms with Gasteiger partial charge in [0.05, 0.1) is 13.7 Å². The molecule has 1 N–H and O–H groups in total. The van der Waals surface area contributed by atoms with Crippen LogP contribution in [0.4, 0.5) is 10.1 Å². The largest absolute Gasteiger partial charge is 0.497 e. The number of nitrogens with one attached hydrogen (secondary N) is 1. The van der Waals surface area contributed by atoms with Crippen LogP contribution in [0.3, 0.4) is 0 Å². The van der Waals surface area contributed by atoms with Crippen molar-refractivity contribution in [2.75, 3.05) is 19.0 Å². The first-order valence-electron chi connectivity index (χ1n) is 9.10. The van der Waals surface area contributed by atoms with Crippen molar-refractivity contribution in [2.24, 2.45) is 0 Å². The number of ether oxygens (including phenoxy) is 1. The molecular formula is C21H19FN4O3. The summed E-state index contributed by atoms with van der Waals surface area (Å²) in [4.78, 5) is 27.0. The van der Waals surface area contributed by atoms with Crippen molar-refractivity contribution in [1.82, 2.24) is 14.7 Å². The van der Waals surface area contributed by atoms with Gasteiger partial charge in [-0.2, -0.15) is 5.10 Å². The maximum absolute atomic E-state index is 13.1. The van der Waals surface area contributed by atoms with Crippen LogP contribution in [-0.4, -0.2) is 40.1 Å². The Kier molecular flexibility index (Phi) is 4.99. The summed E-state index contributed by atoms with van der Waals surface area (Å²) >= 11 is 0. The first-order chi connectivity index (χ1) is 14.0. The first kappa shape index (κ1) is 18.7. The van der Waals surface area contributed by atoms with E-state index in [1.54, 1.807) is 53.1 Å². The summed E-state index contributed by atoms with van der Waals surface area (Å²) in [5.74, 6) is -0.233. The van der Waals surface area contributed by atoms with E-state index in [9.17, 15) is 14.0 Å². The van der Waals surface area contributed by atoms with Crippen LogP contribution in [0, 0.1) is 5.82 Å². The molecule has 7 nitrogen and oxygen atoms in total. The van der Waals surface area contributed by atoms with E-state index in [2.05, 4.69) is 10.4 Å². The zero-order valence-electron chi connectivity index (χ0n) is 15.8. The van der Waals surface area contributed by atoms with Gasteiger partial charge >= 0.3 is 0 Å². The molecule has 0 spiro atoms. The number of halogens is 1. The Labute approximate surface area is 166 Å². The molecule has 3 aromatic rings. The summed E-state index contributed by atoms with van der Waals surface area (Å²) in [5.41, 5.74) is 1.97. The quantitative estimate of drug-likeness (QED) is 0.722. The molecule has 0 fully saturated rings. The highest BCUT2D eigenvalue weighted by Gasteiger charge is 2.28. The first-order valence-corrected chi connectivity index (χ1v) is 9.10. The van der Waals surface area contributed by atoms with E-state index in [0.717, 1.165) is 5.56 Å². The Balaban J connectivity index is 1.47. The van der Waals surface area contributed by atoms with Crippen LogP contribution in [0.5, 0.6) is 5.75 Å². The lowest BCUT2D eigenvalue weighted by molar-refractivity contribution is 0.0683. The highest BCUT2D eigenvalue weighted by molar-refractivity contribution is 6.04. The Morgan fingerprint density at radius 1 is 1.14 bits per heavy atom. The number of rotatable bonds is 5. The van der Waals surface area contributed by atoms with Gasteiger partial charge in [-0.3, -0.25) is 14.3 Å². The zero-order valence-corrected chi connectivity index (χ0v) is 15.8. The minimum absolute atomic E-state index is 0.174. The smallest absolute Gasteiger partial charge is 0.276 e. The molecular weight excluding hydrogens is 375 g/mol. The van der Waals surface area contributed by atoms with Gasteiger partial charge in [0.25, 0.3) is 11.8 Å². The molecule has 1 aromatic heterocycles. The molecule has 0 unspecified atom stereocenters. The number of hydrogen-bond acceptors (Lipinski definition) is 4. The monoisotopic (exact) mass is 394 g/mol. The lowest BCUT2D eigenvalue weighted by Crippen LogP contribution is -2.39. The Morgan fingerprint density at radius 2 is 1.86 bits per heavy atom. The van der Waals surface area contributed by atoms with Crippen LogP contribution < -0.4 is 10.1 Å². The number of benzene rings is 2. The fourth-order valence-electron chi connectivity index (χ4n) is 3.18. The second-order valence-electron chi connectivity index (χ2n) is 6.67. The average Bonchev–Trinajstić information content (AvgIpc) is 3.18. The number of aromatic nitrogens is 2. The summed E-state index contributed by atoms with van der Waals surface area (Å²) in [6.07, 6.45) is 0. The molecule has 0 bridgehead atoms. The number of hydrogen-bond donors (Lipinski definition) is 1. The Hall–Kier alpha value is -3.68. The maximum Gasteiger partial charge on any atom is 0.276 e. The second kappa shape index (κ2) is 7.75. The third-order valence-corrected chi connectivity index (χ3v) is 4.74. The van der Waals surface area contributed by atoms with Gasteiger partial charge in [-0.05, 0) is 42.0 Å². The lowest BCUT2D eigenvalue weighted by atomic mass is 10.2. The Morgan fingerprint density at radius 3 is 2.55 bits per heavy atom. The summed E-state index contributed by atoms with van der Waals surface area (Å²) in [7, 11) is 1.57. The highest BCUT2D eigenvalue weighted by atomic mass is 19.1. The number of methoxy groups -OCH3 is 1. The van der Waals surface area contributed by atoms with Crippen molar-refractivity contribution in [3.05, 3.63) is 77.4 Å². The van der Waals surface area contributed by atoms with E-state index in [4.69, 9.17) is 4.74 Å². The van der Waals surface area contributed by atoms with Crippen LogP contribution in [-0.2, 0) is 13.1 Å². The third-order valence-electron chi connectivity index (χ3n) is 4.74. The number of nitrogens with zero attached hydrogens (tertiary/aromatic N) is 3. The van der Waals surface area contributed by atoms with Crippen molar-refractivity contribution in [1.29, 1.82) is 0 Å². The number of carbonyl (C=O) groups excluding carboxylic acids is 2. The fraction of sp³-hybridized carbons (Fsp3) is 0.190. The molecule has 2 aromatic carbocycles. The minimum Gasteiger partial charge on any atom is -0.497 e. The normalized spacial score (nSPS) is 13.2. The summed E-state index contributed by atoms with van der Waals surface area (Å²) in [5, 5.41) is 7.03. The Bertz CT molecular complexity index is 1040. The molecule has 1 aliphatic heterocycles. The minimum atomic E-state index is -0.394. The van der Waals surface area contributed by atoms with Crippen molar-refractivity contribution < 1.29 is 18.7 Å². The van der Waals surface area contributed by atoms with E-state index in [1.807, 2.05) is 0 Å². The van der Waals surface area contributed by atoms with Crippen LogP contribution in [0.25, 0.3) is 0 Å². The molecule has 29 heavy (non-hydrogen) atoms. The van der Waals surface area contributed by atoms with Crippen LogP contribution >= 0.6 is 0 Å². The molecule has 0 saturated heterocycles. The van der Waals surface area contributed by atoms with E-state index in [1.165, 1.54) is 18.2 Å². The second-order valence-corrected chi connectivity index (χ2v) is 6.67. The van der Waals surface area contributed by atoms with Crippen LogP contribution in [0.15, 0.2) is 54.6 Å². The van der Waals surface area contributed by atoms with Gasteiger partial charge in [0.2, 0.25) is 0 Å². The summed E-state index contributed by atoms with van der Waals surface area (Å²) < 4.78 is 19.7. The molecule has 1 aliphatic rings. The number of carbonyl (C=O) groups is 2. The fourth-order valence-corrected chi connectivity index (χ4v) is 3.18. The molecule has 2 amide bonds. The predicted molar refractivity (Wildman–Crippen MR) is 104 cm³/mol. The van der Waals surface area contributed by atoms with Gasteiger partial charge in [0, 0.05) is 24.8 Å². The van der Waals surface area contributed by atoms with Crippen LogP contribution in [0.1, 0.15) is 26.5 Å². The van der Waals surface area contributed by atoms with Gasteiger partial charge < -0.3 is 15.0 Å². The average molecular weight is 394 g/mol. The van der Waals surface area contributed by atoms with Gasteiger partial charge in [-0.25, -0.2) is 4.39 Å². The molecule has 4 rings (SSSR count). The van der Waals surface area contributed by atoms with Crippen LogP contribution in [0.2, 0.25) is 0 Å². The number of anilines is 1. The highest BCUT2D eigenvalue weighted by Crippen LogP contribution is 2.19. The van der Waals surface area contributed by atoms with Gasteiger partial charge in [-0.15, -0.1) is 0 Å². The molecule has 0 saturated carbocycles. The van der Waals surface area contributed by atoms with Gasteiger partial charge in [0.15, 0.2) is 5.69 Å². The van der Waals surface area contributed by atoms with Crippen molar-refractivity contribution in [3.63, 3.8) is 0 Å². The molecule has 0 radical (unpaired) electrons. The van der Waals surface area contributed by atoms with Crippen molar-refractivity contribution in [3.8, 4) is 5.75 Å². The molecule has 0 atom stereocenters. The van der Waals surface area contributed by atoms with E-state index in [-0.39, 0.29) is 17.4 Å². The van der Waals surface area contributed by atoms with Crippen molar-refractivity contribution in [2.45, 2.75) is 13.1 Å². The summed E-state index contributed by atoms with van der Waals surface area (Å²) in [6.45, 7) is 1.32.